The minimum Gasteiger partial charge on any atom is -0.497 e. The second kappa shape index (κ2) is 7.45. The lowest BCUT2D eigenvalue weighted by Gasteiger charge is -2.39. The number of aryl methyl sites for hydroxylation is 1. The Kier molecular flexibility index (Phi) is 5.27. The summed E-state index contributed by atoms with van der Waals surface area (Å²) >= 11 is 0. The van der Waals surface area contributed by atoms with E-state index in [0.717, 1.165) is 5.56 Å². The van der Waals surface area contributed by atoms with Gasteiger partial charge in [-0.2, -0.15) is 0 Å². The minimum absolute atomic E-state index is 0.308. The van der Waals surface area contributed by atoms with Gasteiger partial charge in [0, 0.05) is 19.2 Å². The summed E-state index contributed by atoms with van der Waals surface area (Å²) in [6, 6.07) is 5.40. The van der Waals surface area contributed by atoms with Crippen LogP contribution in [0.15, 0.2) is 24.5 Å². The molecule has 0 bridgehead atoms. The molecule has 0 aliphatic carbocycles. The Labute approximate surface area is 152 Å². The van der Waals surface area contributed by atoms with Crippen molar-refractivity contribution < 1.29 is 19.0 Å². The zero-order valence-electron chi connectivity index (χ0n) is 15.3. The van der Waals surface area contributed by atoms with E-state index in [9.17, 15) is 9.50 Å². The molecule has 0 atom stereocenters. The second-order valence-electron chi connectivity index (χ2n) is 6.43. The molecule has 1 aliphatic rings. The molecule has 0 unspecified atom stereocenters. The van der Waals surface area contributed by atoms with Crippen molar-refractivity contribution in [3.8, 4) is 11.5 Å². The summed E-state index contributed by atoms with van der Waals surface area (Å²) < 4.78 is 25.1. The molecule has 0 spiro atoms. The van der Waals surface area contributed by atoms with Crippen molar-refractivity contribution in [1.29, 1.82) is 0 Å². The topological polar surface area (TPSA) is 67.7 Å². The summed E-state index contributed by atoms with van der Waals surface area (Å²) in [5.74, 6) is 1.19. The first-order chi connectivity index (χ1) is 12.5. The second-order valence-corrected chi connectivity index (χ2v) is 6.43. The first-order valence-corrected chi connectivity index (χ1v) is 8.71. The molecule has 7 heteroatoms. The van der Waals surface area contributed by atoms with Gasteiger partial charge in [-0.3, -0.25) is 0 Å². The Balaban J connectivity index is 1.81. The fourth-order valence-electron chi connectivity index (χ4n) is 3.32. The monoisotopic (exact) mass is 361 g/mol. The van der Waals surface area contributed by atoms with Crippen molar-refractivity contribution in [2.24, 2.45) is 0 Å². The van der Waals surface area contributed by atoms with Gasteiger partial charge < -0.3 is 19.5 Å². The smallest absolute Gasteiger partial charge is 0.187 e. The fourth-order valence-corrected chi connectivity index (χ4v) is 3.32. The van der Waals surface area contributed by atoms with Crippen molar-refractivity contribution >= 4 is 5.82 Å². The van der Waals surface area contributed by atoms with Crippen LogP contribution in [0.2, 0.25) is 0 Å². The Bertz CT molecular complexity index is 754. The Morgan fingerprint density at radius 1 is 1.12 bits per heavy atom. The van der Waals surface area contributed by atoms with Crippen molar-refractivity contribution in [3.63, 3.8) is 0 Å². The third kappa shape index (κ3) is 3.44. The van der Waals surface area contributed by atoms with Gasteiger partial charge in [-0.25, -0.2) is 14.4 Å². The predicted molar refractivity (Wildman–Crippen MR) is 96.3 cm³/mol. The fraction of sp³-hybridized carbons (Fsp3) is 0.474. The van der Waals surface area contributed by atoms with Gasteiger partial charge in [0.15, 0.2) is 11.6 Å². The first kappa shape index (κ1) is 18.4. The minimum atomic E-state index is -1.02. The van der Waals surface area contributed by atoms with Crippen molar-refractivity contribution in [2.75, 3.05) is 32.2 Å². The largest absolute Gasteiger partial charge is 0.497 e. The number of piperidine rings is 1. The zero-order valence-corrected chi connectivity index (χ0v) is 15.3. The Morgan fingerprint density at radius 3 is 2.27 bits per heavy atom. The molecule has 1 aliphatic heterocycles. The van der Waals surface area contributed by atoms with Gasteiger partial charge in [0.05, 0.1) is 25.5 Å². The summed E-state index contributed by atoms with van der Waals surface area (Å²) in [7, 11) is 3.16. The van der Waals surface area contributed by atoms with Gasteiger partial charge in [0.2, 0.25) is 0 Å². The van der Waals surface area contributed by atoms with Gasteiger partial charge in [0.25, 0.3) is 0 Å². The van der Waals surface area contributed by atoms with E-state index in [2.05, 4.69) is 9.97 Å². The van der Waals surface area contributed by atoms with Crippen LogP contribution in [-0.4, -0.2) is 42.4 Å². The summed E-state index contributed by atoms with van der Waals surface area (Å²) in [6.07, 6.45) is 2.82. The van der Waals surface area contributed by atoms with Crippen LogP contribution in [0, 0.1) is 5.82 Å². The van der Waals surface area contributed by atoms with Crippen LogP contribution in [0.5, 0.6) is 11.5 Å². The maximum Gasteiger partial charge on any atom is 0.187 e. The molecule has 2 aromatic rings. The van der Waals surface area contributed by atoms with Gasteiger partial charge in [-0.1, -0.05) is 6.92 Å². The number of hydrogen-bond acceptors (Lipinski definition) is 6. The number of aliphatic hydroxyl groups is 1. The van der Waals surface area contributed by atoms with E-state index >= 15 is 0 Å². The standard InChI is InChI=1S/C19H24FN3O3/c1-4-16-17(20)18(22-12-21-16)23-7-5-19(24,6-8-23)13-9-14(25-2)11-15(10-13)26-3/h9-12,24H,4-8H2,1-3H3. The van der Waals surface area contributed by atoms with Crippen molar-refractivity contribution in [1.82, 2.24) is 9.97 Å². The number of methoxy groups -OCH3 is 2. The quantitative estimate of drug-likeness (QED) is 0.883. The molecule has 1 fully saturated rings. The summed E-state index contributed by atoms with van der Waals surface area (Å²) in [6.45, 7) is 2.85. The lowest BCUT2D eigenvalue weighted by Crippen LogP contribution is -2.43. The lowest BCUT2D eigenvalue weighted by atomic mass is 9.84. The summed E-state index contributed by atoms with van der Waals surface area (Å²) in [4.78, 5) is 9.94. The van der Waals surface area contributed by atoms with Crippen LogP contribution in [0.25, 0.3) is 0 Å². The van der Waals surface area contributed by atoms with E-state index in [4.69, 9.17) is 9.47 Å². The van der Waals surface area contributed by atoms with Crippen LogP contribution < -0.4 is 14.4 Å². The highest BCUT2D eigenvalue weighted by molar-refractivity contribution is 5.44. The molecule has 1 saturated heterocycles. The molecule has 3 rings (SSSR count). The molecule has 0 amide bonds. The third-order valence-corrected chi connectivity index (χ3v) is 4.96. The number of rotatable bonds is 5. The SMILES string of the molecule is CCc1ncnc(N2CCC(O)(c3cc(OC)cc(OC)c3)CC2)c1F. The molecular weight excluding hydrogens is 337 g/mol. The van der Waals surface area contributed by atoms with Crippen LogP contribution in [0.3, 0.4) is 0 Å². The highest BCUT2D eigenvalue weighted by Crippen LogP contribution is 2.38. The molecule has 2 heterocycles. The highest BCUT2D eigenvalue weighted by atomic mass is 19.1. The molecule has 1 N–H and O–H groups in total. The van der Waals surface area contributed by atoms with Crippen LogP contribution in [0.4, 0.5) is 10.2 Å². The Morgan fingerprint density at radius 2 is 1.73 bits per heavy atom. The number of halogens is 1. The van der Waals surface area contributed by atoms with E-state index in [1.54, 1.807) is 20.3 Å². The van der Waals surface area contributed by atoms with Crippen LogP contribution >= 0.6 is 0 Å². The third-order valence-electron chi connectivity index (χ3n) is 4.96. The predicted octanol–water partition coefficient (Wildman–Crippen LogP) is 2.68. The molecule has 140 valence electrons. The highest BCUT2D eigenvalue weighted by Gasteiger charge is 2.36. The van der Waals surface area contributed by atoms with E-state index in [1.165, 1.54) is 6.33 Å². The number of ether oxygens (including phenoxy) is 2. The molecule has 0 saturated carbocycles. The van der Waals surface area contributed by atoms with Gasteiger partial charge in [-0.15, -0.1) is 0 Å². The molecular formula is C19H24FN3O3. The molecule has 1 aromatic heterocycles. The average molecular weight is 361 g/mol. The number of aromatic nitrogens is 2. The molecule has 0 radical (unpaired) electrons. The molecule has 26 heavy (non-hydrogen) atoms. The van der Waals surface area contributed by atoms with Crippen LogP contribution in [0.1, 0.15) is 31.0 Å². The average Bonchev–Trinajstić information content (AvgIpc) is 2.68. The number of nitrogens with zero attached hydrogens (tertiary/aromatic N) is 3. The lowest BCUT2D eigenvalue weighted by molar-refractivity contribution is 0.0112. The summed E-state index contributed by atoms with van der Waals surface area (Å²) in [5.41, 5.74) is 0.134. The Hall–Kier alpha value is -2.41. The number of benzene rings is 1. The van der Waals surface area contributed by atoms with Crippen molar-refractivity contribution in [3.05, 3.63) is 41.6 Å². The maximum atomic E-state index is 14.5. The van der Waals surface area contributed by atoms with Gasteiger partial charge >= 0.3 is 0 Å². The number of anilines is 1. The van der Waals surface area contributed by atoms with E-state index in [1.807, 2.05) is 24.0 Å². The number of hydrogen-bond donors (Lipinski definition) is 1. The zero-order chi connectivity index (χ0) is 18.7. The summed E-state index contributed by atoms with van der Waals surface area (Å²) in [5, 5.41) is 11.2. The molecule has 6 nitrogen and oxygen atoms in total. The first-order valence-electron chi connectivity index (χ1n) is 8.71. The van der Waals surface area contributed by atoms with E-state index in [-0.39, 0.29) is 5.82 Å². The van der Waals surface area contributed by atoms with E-state index < -0.39 is 5.60 Å². The van der Waals surface area contributed by atoms with Gasteiger partial charge in [0.1, 0.15) is 17.8 Å². The maximum absolute atomic E-state index is 14.5. The van der Waals surface area contributed by atoms with Gasteiger partial charge in [-0.05, 0) is 37.0 Å². The van der Waals surface area contributed by atoms with Crippen molar-refractivity contribution in [2.45, 2.75) is 31.8 Å². The van der Waals surface area contributed by atoms with E-state index in [0.29, 0.717) is 55.4 Å². The normalized spacial score (nSPS) is 16.4. The molecule has 1 aromatic carbocycles. The van der Waals surface area contributed by atoms with Crippen LogP contribution in [-0.2, 0) is 12.0 Å².